The van der Waals surface area contributed by atoms with E-state index in [4.69, 9.17) is 9.47 Å². The molecule has 0 amide bonds. The number of alkyl halides is 2. The van der Waals surface area contributed by atoms with Crippen molar-refractivity contribution in [2.75, 3.05) is 32.2 Å². The summed E-state index contributed by atoms with van der Waals surface area (Å²) in [5.41, 5.74) is 0.188. The summed E-state index contributed by atoms with van der Waals surface area (Å²) < 4.78 is 54.7. The lowest BCUT2D eigenvalue weighted by Crippen LogP contribution is -2.28. The van der Waals surface area contributed by atoms with Gasteiger partial charge in [0.05, 0.1) is 43.6 Å². The van der Waals surface area contributed by atoms with Gasteiger partial charge in [-0.05, 0) is 18.9 Å². The van der Waals surface area contributed by atoms with Crippen LogP contribution in [0.3, 0.4) is 0 Å². The van der Waals surface area contributed by atoms with E-state index in [1.165, 1.54) is 20.4 Å². The van der Waals surface area contributed by atoms with E-state index in [9.17, 15) is 13.2 Å². The van der Waals surface area contributed by atoms with Crippen LogP contribution in [0.2, 0.25) is 0 Å². The van der Waals surface area contributed by atoms with E-state index >= 15 is 0 Å². The monoisotopic (exact) mass is 406 g/mol. The summed E-state index contributed by atoms with van der Waals surface area (Å²) in [4.78, 5) is 13.8. The molecule has 1 spiro atoms. The van der Waals surface area contributed by atoms with E-state index in [2.05, 4.69) is 20.1 Å². The van der Waals surface area contributed by atoms with Crippen LogP contribution in [0.1, 0.15) is 12.8 Å². The van der Waals surface area contributed by atoms with Gasteiger partial charge in [-0.25, -0.2) is 18.7 Å². The largest absolute Gasteiger partial charge is 0.480 e. The van der Waals surface area contributed by atoms with Gasteiger partial charge in [-0.2, -0.15) is 19.0 Å². The van der Waals surface area contributed by atoms with Gasteiger partial charge in [-0.15, -0.1) is 0 Å². The molecule has 8 nitrogen and oxygen atoms in total. The number of halogens is 3. The summed E-state index contributed by atoms with van der Waals surface area (Å²) in [6.45, 7) is -0.263. The van der Waals surface area contributed by atoms with Crippen molar-refractivity contribution in [1.82, 2.24) is 24.6 Å². The third-order valence-corrected chi connectivity index (χ3v) is 5.64. The first-order valence-electron chi connectivity index (χ1n) is 9.00. The van der Waals surface area contributed by atoms with Crippen molar-refractivity contribution in [1.29, 1.82) is 0 Å². The Kier molecular flexibility index (Phi) is 3.68. The van der Waals surface area contributed by atoms with Crippen molar-refractivity contribution < 1.29 is 22.6 Å². The minimum Gasteiger partial charge on any atom is -0.480 e. The molecule has 2 aliphatic rings. The van der Waals surface area contributed by atoms with E-state index in [-0.39, 0.29) is 29.8 Å². The van der Waals surface area contributed by atoms with E-state index < -0.39 is 23.8 Å². The molecule has 3 aromatic heterocycles. The highest BCUT2D eigenvalue weighted by atomic mass is 19.3. The quantitative estimate of drug-likeness (QED) is 0.659. The number of hydrogen-bond acceptors (Lipinski definition) is 7. The third kappa shape index (κ3) is 2.60. The maximum Gasteiger partial charge on any atom is 0.319 e. The first-order chi connectivity index (χ1) is 13.9. The minimum atomic E-state index is -2.81. The van der Waals surface area contributed by atoms with Gasteiger partial charge in [-0.1, -0.05) is 0 Å². The normalized spacial score (nSPS) is 19.1. The predicted molar refractivity (Wildman–Crippen MR) is 95.9 cm³/mol. The highest BCUT2D eigenvalue weighted by Gasteiger charge is 2.67. The average Bonchev–Trinajstić information content (AvgIpc) is 3.35. The molecular formula is C18H17F3N6O2. The van der Waals surface area contributed by atoms with E-state index in [1.54, 1.807) is 11.0 Å². The summed E-state index contributed by atoms with van der Waals surface area (Å²) in [7, 11) is 2.83. The minimum absolute atomic E-state index is 0.0931. The molecule has 1 saturated carbocycles. The van der Waals surface area contributed by atoms with Crippen molar-refractivity contribution in [2.24, 2.45) is 5.41 Å². The maximum atomic E-state index is 14.5. The summed E-state index contributed by atoms with van der Waals surface area (Å²) in [6, 6.07) is 1.68. The standard InChI is InChI=1S/C18H17F3N6O2/c1-28-15-10(6-23-16(24-15)29-2)11-5-12(14-22-7-13(19)27(14)25-11)26-8-17(3-4-17)18(20,21)9-26/h5-7H,3-4,8-9H2,1-2H3. The molecule has 2 fully saturated rings. The van der Waals surface area contributed by atoms with Gasteiger partial charge in [0.15, 0.2) is 5.65 Å². The van der Waals surface area contributed by atoms with E-state index in [1.807, 2.05) is 0 Å². The molecule has 0 atom stereocenters. The van der Waals surface area contributed by atoms with Gasteiger partial charge in [0.2, 0.25) is 11.8 Å². The molecule has 4 heterocycles. The fourth-order valence-corrected chi connectivity index (χ4v) is 3.86. The lowest BCUT2D eigenvalue weighted by atomic mass is 10.0. The zero-order valence-corrected chi connectivity index (χ0v) is 15.7. The first-order valence-corrected chi connectivity index (χ1v) is 9.00. The molecule has 5 rings (SSSR count). The zero-order valence-electron chi connectivity index (χ0n) is 15.7. The van der Waals surface area contributed by atoms with Crippen LogP contribution < -0.4 is 14.4 Å². The smallest absolute Gasteiger partial charge is 0.319 e. The number of anilines is 1. The molecule has 0 N–H and O–H groups in total. The molecule has 0 unspecified atom stereocenters. The van der Waals surface area contributed by atoms with Crippen LogP contribution in [0, 0.1) is 11.4 Å². The van der Waals surface area contributed by atoms with Gasteiger partial charge >= 0.3 is 6.01 Å². The Hall–Kier alpha value is -3.11. The van der Waals surface area contributed by atoms with Crippen molar-refractivity contribution >= 4 is 11.3 Å². The number of ether oxygens (including phenoxy) is 2. The molecule has 1 aliphatic carbocycles. The Bertz CT molecular complexity index is 1110. The molecule has 0 aromatic carbocycles. The predicted octanol–water partition coefficient (Wildman–Crippen LogP) is 2.58. The summed E-state index contributed by atoms with van der Waals surface area (Å²) in [5.74, 6) is -3.34. The lowest BCUT2D eigenvalue weighted by Gasteiger charge is -2.19. The van der Waals surface area contributed by atoms with Crippen molar-refractivity contribution in [3.63, 3.8) is 0 Å². The molecule has 3 aromatic rings. The molecule has 1 saturated heterocycles. The van der Waals surface area contributed by atoms with Crippen molar-refractivity contribution in [3.05, 3.63) is 24.4 Å². The molecule has 0 radical (unpaired) electrons. The number of imidazole rings is 1. The van der Waals surface area contributed by atoms with Crippen LogP contribution in [-0.2, 0) is 0 Å². The molecule has 1 aliphatic heterocycles. The number of nitrogens with zero attached hydrogens (tertiary/aromatic N) is 6. The second-order valence-corrected chi connectivity index (χ2v) is 7.35. The zero-order chi connectivity index (χ0) is 20.4. The SMILES string of the molecule is COc1ncc(-c2cc(N3CC(F)(F)C4(CC4)C3)c3ncc(F)n3n2)c(OC)n1. The van der Waals surface area contributed by atoms with E-state index in [0.29, 0.717) is 24.1 Å². The Morgan fingerprint density at radius 3 is 2.52 bits per heavy atom. The Morgan fingerprint density at radius 2 is 1.86 bits per heavy atom. The molecule has 11 heteroatoms. The number of hydrogen-bond donors (Lipinski definition) is 0. The van der Waals surface area contributed by atoms with Crippen molar-refractivity contribution in [2.45, 2.75) is 18.8 Å². The van der Waals surface area contributed by atoms with Gasteiger partial charge in [0.25, 0.3) is 5.92 Å². The Balaban J connectivity index is 1.67. The molecule has 0 bridgehead atoms. The molecule has 152 valence electrons. The summed E-state index contributed by atoms with van der Waals surface area (Å²) >= 11 is 0. The van der Waals surface area contributed by atoms with Gasteiger partial charge in [-0.3, -0.25) is 0 Å². The Morgan fingerprint density at radius 1 is 1.07 bits per heavy atom. The van der Waals surface area contributed by atoms with Gasteiger partial charge in [0, 0.05) is 12.7 Å². The second kappa shape index (κ2) is 5.94. The van der Waals surface area contributed by atoms with Crippen molar-refractivity contribution in [3.8, 4) is 23.1 Å². The topological polar surface area (TPSA) is 77.7 Å². The number of aromatic nitrogens is 5. The number of fused-ring (bicyclic) bond motifs is 1. The van der Waals surface area contributed by atoms with Gasteiger partial charge in [0.1, 0.15) is 5.69 Å². The lowest BCUT2D eigenvalue weighted by molar-refractivity contribution is -0.0334. The molecular weight excluding hydrogens is 389 g/mol. The van der Waals surface area contributed by atoms with Crippen LogP contribution in [0.4, 0.5) is 18.9 Å². The fourth-order valence-electron chi connectivity index (χ4n) is 3.86. The number of rotatable bonds is 4. The fraction of sp³-hybridized carbons (Fsp3) is 0.444. The van der Waals surface area contributed by atoms with Crippen LogP contribution >= 0.6 is 0 Å². The average molecular weight is 406 g/mol. The van der Waals surface area contributed by atoms with E-state index in [0.717, 1.165) is 10.7 Å². The molecule has 29 heavy (non-hydrogen) atoms. The van der Waals surface area contributed by atoms with Crippen LogP contribution in [-0.4, -0.2) is 57.8 Å². The summed E-state index contributed by atoms with van der Waals surface area (Å²) in [6.07, 6.45) is 3.40. The Labute approximate surface area is 163 Å². The highest BCUT2D eigenvalue weighted by molar-refractivity contribution is 5.76. The highest BCUT2D eigenvalue weighted by Crippen LogP contribution is 2.61. The van der Waals surface area contributed by atoms with Crippen LogP contribution in [0.5, 0.6) is 11.9 Å². The van der Waals surface area contributed by atoms with Crippen LogP contribution in [0.15, 0.2) is 18.5 Å². The third-order valence-electron chi connectivity index (χ3n) is 5.64. The van der Waals surface area contributed by atoms with Crippen LogP contribution in [0.25, 0.3) is 16.9 Å². The van der Waals surface area contributed by atoms with Gasteiger partial charge < -0.3 is 14.4 Å². The number of methoxy groups -OCH3 is 2. The summed E-state index contributed by atoms with van der Waals surface area (Å²) in [5, 5.41) is 4.25. The first kappa shape index (κ1) is 18.0. The maximum absolute atomic E-state index is 14.5. The second-order valence-electron chi connectivity index (χ2n) is 7.35.